The van der Waals surface area contributed by atoms with Crippen molar-refractivity contribution in [3.05, 3.63) is 60.5 Å². The lowest BCUT2D eigenvalue weighted by Crippen LogP contribution is -1.94. The molecule has 0 aromatic heterocycles. The summed E-state index contributed by atoms with van der Waals surface area (Å²) in [6.45, 7) is 0. The fourth-order valence-electron chi connectivity index (χ4n) is 1.68. The highest BCUT2D eigenvalue weighted by atomic mass is 35.5. The molecule has 0 radical (unpaired) electrons. The average molecular weight is 337 g/mol. The van der Waals surface area contributed by atoms with Gasteiger partial charge >= 0.3 is 0 Å². The van der Waals surface area contributed by atoms with E-state index in [2.05, 4.69) is 0 Å². The maximum atomic E-state index is 11.1. The molecule has 0 N–H and O–H groups in total. The molecule has 19 heavy (non-hydrogen) atoms. The van der Waals surface area contributed by atoms with E-state index in [0.717, 1.165) is 0 Å². The second-order valence-corrected chi connectivity index (χ2v) is 5.21. The molecule has 7 heteroatoms. The van der Waals surface area contributed by atoms with Crippen LogP contribution in [0.25, 0.3) is 11.1 Å². The van der Waals surface area contributed by atoms with Crippen molar-refractivity contribution in [1.82, 2.24) is 0 Å². The minimum absolute atomic E-state index is 0.00890. The zero-order chi connectivity index (χ0) is 14.2. The summed E-state index contributed by atoms with van der Waals surface area (Å²) in [5, 5.41) is 11.8. The summed E-state index contributed by atoms with van der Waals surface area (Å²) in [6.07, 6.45) is 0. The van der Waals surface area contributed by atoms with Gasteiger partial charge in [-0.3, -0.25) is 10.1 Å². The minimum atomic E-state index is -0.578. The Morgan fingerprint density at radius 3 is 2.16 bits per heavy atom. The smallest absolute Gasteiger partial charge is 0.258 e. The fourth-order valence-corrected chi connectivity index (χ4v) is 2.65. The number of halogens is 4. The molecule has 0 bridgehead atoms. The molecule has 0 fully saturated rings. The van der Waals surface area contributed by atoms with Gasteiger partial charge in [0.05, 0.1) is 25.6 Å². The van der Waals surface area contributed by atoms with E-state index in [4.69, 9.17) is 46.4 Å². The number of benzene rings is 2. The normalized spacial score (nSPS) is 10.5. The highest BCUT2D eigenvalue weighted by molar-refractivity contribution is 6.46. The molecular weight excluding hydrogens is 332 g/mol. The Hall–Kier alpha value is -1.000. The summed E-state index contributed by atoms with van der Waals surface area (Å²) in [4.78, 5) is 10.5. The molecule has 2 rings (SSSR count). The van der Waals surface area contributed by atoms with Crippen molar-refractivity contribution in [1.29, 1.82) is 0 Å². The quantitative estimate of drug-likeness (QED) is 0.390. The van der Waals surface area contributed by atoms with E-state index in [9.17, 15) is 10.1 Å². The van der Waals surface area contributed by atoms with Crippen LogP contribution in [0.15, 0.2) is 30.3 Å². The van der Waals surface area contributed by atoms with Crippen LogP contribution in [-0.2, 0) is 0 Å². The Kier molecular flexibility index (Phi) is 4.21. The van der Waals surface area contributed by atoms with Crippen LogP contribution in [0.1, 0.15) is 0 Å². The van der Waals surface area contributed by atoms with Crippen LogP contribution in [0, 0.1) is 10.1 Å². The van der Waals surface area contributed by atoms with E-state index in [1.54, 1.807) is 6.07 Å². The number of nitrogens with zero attached hydrogens (tertiary/aromatic N) is 1. The van der Waals surface area contributed by atoms with Crippen molar-refractivity contribution >= 4 is 52.1 Å². The molecule has 0 aliphatic rings. The summed E-state index contributed by atoms with van der Waals surface area (Å²) < 4.78 is 0. The molecule has 0 aliphatic heterocycles. The summed E-state index contributed by atoms with van der Waals surface area (Å²) in [7, 11) is 0. The topological polar surface area (TPSA) is 43.1 Å². The summed E-state index contributed by atoms with van der Waals surface area (Å²) in [6, 6.07) is 7.57. The van der Waals surface area contributed by atoms with Gasteiger partial charge in [-0.2, -0.15) is 0 Å². The first-order chi connectivity index (χ1) is 8.93. The largest absolute Gasteiger partial charge is 0.295 e. The first kappa shape index (κ1) is 14.4. The molecule has 2 aromatic carbocycles. The third-order valence-corrected chi connectivity index (χ3v) is 3.91. The molecule has 0 saturated heterocycles. The van der Waals surface area contributed by atoms with Crippen molar-refractivity contribution in [2.24, 2.45) is 0 Å². The van der Waals surface area contributed by atoms with Gasteiger partial charge in [0.2, 0.25) is 0 Å². The molecule has 0 amide bonds. The lowest BCUT2D eigenvalue weighted by atomic mass is 10.0. The molecule has 0 unspecified atom stereocenters. The third-order valence-electron chi connectivity index (χ3n) is 2.48. The fraction of sp³-hybridized carbons (Fsp3) is 0. The molecule has 0 heterocycles. The Labute approximate surface area is 128 Å². The molecule has 3 nitrogen and oxygen atoms in total. The van der Waals surface area contributed by atoms with E-state index in [1.165, 1.54) is 24.3 Å². The van der Waals surface area contributed by atoms with Crippen molar-refractivity contribution < 1.29 is 4.92 Å². The van der Waals surface area contributed by atoms with E-state index >= 15 is 0 Å². The van der Waals surface area contributed by atoms with Crippen molar-refractivity contribution in [3.8, 4) is 11.1 Å². The van der Waals surface area contributed by atoms with Gasteiger partial charge in [-0.25, -0.2) is 0 Å². The highest BCUT2D eigenvalue weighted by Gasteiger charge is 2.23. The van der Waals surface area contributed by atoms with Crippen molar-refractivity contribution in [3.63, 3.8) is 0 Å². The molecule has 0 atom stereocenters. The standard InChI is InChI=1S/C12H5Cl4NO2/c13-7-4-5-8(14)11(16)10(7)6-2-1-3-9(15)12(6)17(18)19/h1-5H. The molecule has 0 aliphatic carbocycles. The molecule has 0 saturated carbocycles. The van der Waals surface area contributed by atoms with E-state index in [0.29, 0.717) is 5.56 Å². The monoisotopic (exact) mass is 335 g/mol. The van der Waals surface area contributed by atoms with Crippen LogP contribution < -0.4 is 0 Å². The zero-order valence-corrected chi connectivity index (χ0v) is 12.2. The maximum Gasteiger partial charge on any atom is 0.295 e. The van der Waals surface area contributed by atoms with Crippen molar-refractivity contribution in [2.45, 2.75) is 0 Å². The average Bonchev–Trinajstić information content (AvgIpc) is 2.34. The first-order valence-corrected chi connectivity index (χ1v) is 6.51. The first-order valence-electron chi connectivity index (χ1n) is 5.00. The Morgan fingerprint density at radius 1 is 0.895 bits per heavy atom. The lowest BCUT2D eigenvalue weighted by molar-refractivity contribution is -0.384. The molecular formula is C12H5Cl4NO2. The van der Waals surface area contributed by atoms with Crippen LogP contribution in [-0.4, -0.2) is 4.92 Å². The molecule has 0 spiro atoms. The van der Waals surface area contributed by atoms with Gasteiger partial charge in [-0.05, 0) is 24.3 Å². The molecule has 98 valence electrons. The van der Waals surface area contributed by atoms with Gasteiger partial charge in [0.15, 0.2) is 0 Å². The van der Waals surface area contributed by atoms with Crippen LogP contribution in [0.4, 0.5) is 5.69 Å². The van der Waals surface area contributed by atoms with Gasteiger partial charge in [0.1, 0.15) is 5.02 Å². The van der Waals surface area contributed by atoms with Gasteiger partial charge in [0, 0.05) is 5.56 Å². The van der Waals surface area contributed by atoms with Crippen LogP contribution in [0.5, 0.6) is 0 Å². The highest BCUT2D eigenvalue weighted by Crippen LogP contribution is 2.44. The summed E-state index contributed by atoms with van der Waals surface area (Å²) >= 11 is 23.9. The zero-order valence-electron chi connectivity index (χ0n) is 9.16. The van der Waals surface area contributed by atoms with Crippen molar-refractivity contribution in [2.75, 3.05) is 0 Å². The predicted octanol–water partition coefficient (Wildman–Crippen LogP) is 5.88. The van der Waals surface area contributed by atoms with Crippen LogP contribution in [0.3, 0.4) is 0 Å². The third kappa shape index (κ3) is 2.65. The predicted molar refractivity (Wildman–Crippen MR) is 78.6 cm³/mol. The van der Waals surface area contributed by atoms with E-state index in [-0.39, 0.29) is 31.3 Å². The second-order valence-electron chi connectivity index (χ2n) is 3.61. The summed E-state index contributed by atoms with van der Waals surface area (Å²) in [5.41, 5.74) is 0.273. The van der Waals surface area contributed by atoms with Crippen LogP contribution >= 0.6 is 46.4 Å². The Morgan fingerprint density at radius 2 is 1.53 bits per heavy atom. The maximum absolute atomic E-state index is 11.1. The van der Waals surface area contributed by atoms with Gasteiger partial charge < -0.3 is 0 Å². The number of nitro benzene ring substituents is 1. The Balaban J connectivity index is 2.84. The minimum Gasteiger partial charge on any atom is -0.258 e. The van der Waals surface area contributed by atoms with Gasteiger partial charge in [-0.1, -0.05) is 52.5 Å². The van der Waals surface area contributed by atoms with E-state index in [1.807, 2.05) is 0 Å². The molecule has 2 aromatic rings. The van der Waals surface area contributed by atoms with E-state index < -0.39 is 4.92 Å². The SMILES string of the molecule is O=[N+]([O-])c1c(Cl)cccc1-c1c(Cl)ccc(Cl)c1Cl. The van der Waals surface area contributed by atoms with Crippen LogP contribution in [0.2, 0.25) is 20.1 Å². The number of para-hydroxylation sites is 1. The van der Waals surface area contributed by atoms with Gasteiger partial charge in [-0.15, -0.1) is 0 Å². The Bertz CT molecular complexity index is 673. The number of nitro groups is 1. The number of hydrogen-bond donors (Lipinski definition) is 0. The van der Waals surface area contributed by atoms with Gasteiger partial charge in [0.25, 0.3) is 5.69 Å². The number of hydrogen-bond acceptors (Lipinski definition) is 2. The second kappa shape index (κ2) is 5.55. The lowest BCUT2D eigenvalue weighted by Gasteiger charge is -2.09. The number of rotatable bonds is 2. The summed E-state index contributed by atoms with van der Waals surface area (Å²) in [5.74, 6) is 0.